The van der Waals surface area contributed by atoms with E-state index in [1.165, 1.54) is 10.4 Å². The fourth-order valence-corrected chi connectivity index (χ4v) is 2.90. The normalized spacial score (nSPS) is 25.4. The molecule has 3 nitrogen and oxygen atoms in total. The van der Waals surface area contributed by atoms with Gasteiger partial charge >= 0.3 is 0 Å². The van der Waals surface area contributed by atoms with Crippen LogP contribution in [0.15, 0.2) is 11.4 Å². The van der Waals surface area contributed by atoms with Crippen LogP contribution in [0.2, 0.25) is 0 Å². The molecule has 2 atom stereocenters. The molecule has 2 rings (SSSR count). The summed E-state index contributed by atoms with van der Waals surface area (Å²) < 4.78 is 5.73. The van der Waals surface area contributed by atoms with Gasteiger partial charge in [0.05, 0.1) is 18.8 Å². The third-order valence-electron chi connectivity index (χ3n) is 2.90. The molecular weight excluding hydrogens is 208 g/mol. The minimum atomic E-state index is 0.0211. The zero-order valence-corrected chi connectivity index (χ0v) is 10.1. The fourth-order valence-electron chi connectivity index (χ4n) is 1.92. The van der Waals surface area contributed by atoms with Crippen molar-refractivity contribution < 1.29 is 4.74 Å². The fraction of sp³-hybridized carbons (Fsp3) is 0.636. The summed E-state index contributed by atoms with van der Waals surface area (Å²) in [6.07, 6.45) is 0.140. The van der Waals surface area contributed by atoms with Crippen LogP contribution in [-0.2, 0) is 4.74 Å². The average molecular weight is 226 g/mol. The zero-order chi connectivity index (χ0) is 10.8. The van der Waals surface area contributed by atoms with Crippen LogP contribution in [0.3, 0.4) is 0 Å². The summed E-state index contributed by atoms with van der Waals surface area (Å²) in [5.41, 5.74) is 7.52. The molecule has 1 aliphatic heterocycles. The molecule has 0 saturated carbocycles. The second-order valence-corrected chi connectivity index (χ2v) is 5.11. The van der Waals surface area contributed by atoms with E-state index in [-0.39, 0.29) is 12.1 Å². The summed E-state index contributed by atoms with van der Waals surface area (Å²) >= 11 is 1.73. The van der Waals surface area contributed by atoms with Crippen molar-refractivity contribution in [1.82, 2.24) is 4.90 Å². The van der Waals surface area contributed by atoms with Crippen LogP contribution < -0.4 is 5.73 Å². The number of ether oxygens (including phenoxy) is 1. The number of nitrogens with zero attached hydrogens (tertiary/aromatic N) is 1. The molecule has 1 aromatic heterocycles. The molecule has 0 radical (unpaired) electrons. The first-order valence-corrected chi connectivity index (χ1v) is 6.16. The highest BCUT2D eigenvalue weighted by molar-refractivity contribution is 7.10. The second-order valence-electron chi connectivity index (χ2n) is 4.17. The van der Waals surface area contributed by atoms with Gasteiger partial charge in [0.15, 0.2) is 0 Å². The SMILES string of the molecule is Cc1ccsc1C(N)C1CN(C)CCO1. The van der Waals surface area contributed by atoms with Gasteiger partial charge in [-0.15, -0.1) is 11.3 Å². The summed E-state index contributed by atoms with van der Waals surface area (Å²) in [7, 11) is 2.11. The Morgan fingerprint density at radius 3 is 3.07 bits per heavy atom. The lowest BCUT2D eigenvalue weighted by atomic mass is 10.1. The molecule has 1 aromatic rings. The van der Waals surface area contributed by atoms with Crippen molar-refractivity contribution in [3.05, 3.63) is 21.9 Å². The molecule has 0 spiro atoms. The van der Waals surface area contributed by atoms with Gasteiger partial charge in [0, 0.05) is 18.0 Å². The maximum Gasteiger partial charge on any atom is 0.0902 e. The summed E-state index contributed by atoms with van der Waals surface area (Å²) in [5, 5.41) is 2.09. The highest BCUT2D eigenvalue weighted by atomic mass is 32.1. The van der Waals surface area contributed by atoms with Gasteiger partial charge in [-0.3, -0.25) is 0 Å². The predicted octanol–water partition coefficient (Wildman–Crippen LogP) is 1.39. The van der Waals surface area contributed by atoms with Gasteiger partial charge in [-0.25, -0.2) is 0 Å². The summed E-state index contributed by atoms with van der Waals surface area (Å²) in [4.78, 5) is 3.53. The van der Waals surface area contributed by atoms with Crippen molar-refractivity contribution in [2.45, 2.75) is 19.1 Å². The minimum absolute atomic E-state index is 0.0211. The Morgan fingerprint density at radius 1 is 1.67 bits per heavy atom. The molecule has 1 fully saturated rings. The van der Waals surface area contributed by atoms with E-state index >= 15 is 0 Å². The van der Waals surface area contributed by atoms with E-state index in [0.717, 1.165) is 19.7 Å². The van der Waals surface area contributed by atoms with Crippen LogP contribution in [0.4, 0.5) is 0 Å². The van der Waals surface area contributed by atoms with Crippen LogP contribution in [0.25, 0.3) is 0 Å². The van der Waals surface area contributed by atoms with Crippen molar-refractivity contribution in [3.8, 4) is 0 Å². The maximum absolute atomic E-state index is 6.24. The molecule has 15 heavy (non-hydrogen) atoms. The van der Waals surface area contributed by atoms with Crippen molar-refractivity contribution in [2.75, 3.05) is 26.7 Å². The number of aryl methyl sites for hydroxylation is 1. The van der Waals surface area contributed by atoms with Gasteiger partial charge in [0.2, 0.25) is 0 Å². The van der Waals surface area contributed by atoms with E-state index in [1.54, 1.807) is 11.3 Å². The van der Waals surface area contributed by atoms with Gasteiger partial charge in [-0.2, -0.15) is 0 Å². The number of rotatable bonds is 2. The monoisotopic (exact) mass is 226 g/mol. The Balaban J connectivity index is 2.07. The summed E-state index contributed by atoms with van der Waals surface area (Å²) in [6, 6.07) is 2.14. The van der Waals surface area contributed by atoms with Crippen molar-refractivity contribution in [1.29, 1.82) is 0 Å². The van der Waals surface area contributed by atoms with Gasteiger partial charge in [-0.1, -0.05) is 0 Å². The average Bonchev–Trinajstić information content (AvgIpc) is 2.63. The summed E-state index contributed by atoms with van der Waals surface area (Å²) in [5.74, 6) is 0. The lowest BCUT2D eigenvalue weighted by molar-refractivity contribution is -0.0321. The molecule has 1 saturated heterocycles. The Morgan fingerprint density at radius 2 is 2.47 bits per heavy atom. The molecule has 0 amide bonds. The molecule has 0 bridgehead atoms. The second kappa shape index (κ2) is 4.61. The number of morpholine rings is 1. The van der Waals surface area contributed by atoms with Crippen LogP contribution in [0.5, 0.6) is 0 Å². The topological polar surface area (TPSA) is 38.5 Å². The van der Waals surface area contributed by atoms with Gasteiger partial charge in [0.25, 0.3) is 0 Å². The molecule has 1 aliphatic rings. The quantitative estimate of drug-likeness (QED) is 0.828. The molecule has 2 heterocycles. The Bertz CT molecular complexity index is 326. The number of likely N-dealkylation sites (N-methyl/N-ethyl adjacent to an activating group) is 1. The number of nitrogens with two attached hydrogens (primary N) is 1. The zero-order valence-electron chi connectivity index (χ0n) is 9.27. The molecule has 2 unspecified atom stereocenters. The van der Waals surface area contributed by atoms with Crippen LogP contribution >= 0.6 is 11.3 Å². The summed E-state index contributed by atoms with van der Waals surface area (Å²) in [6.45, 7) is 4.84. The van der Waals surface area contributed by atoms with E-state index in [0.29, 0.717) is 0 Å². The first kappa shape index (κ1) is 11.1. The highest BCUT2D eigenvalue weighted by Gasteiger charge is 2.26. The molecular formula is C11H18N2OS. The molecule has 0 aliphatic carbocycles. The third-order valence-corrected chi connectivity index (χ3v) is 4.02. The van der Waals surface area contributed by atoms with Crippen molar-refractivity contribution in [2.24, 2.45) is 5.73 Å². The van der Waals surface area contributed by atoms with E-state index in [2.05, 4.69) is 30.3 Å². The van der Waals surface area contributed by atoms with Gasteiger partial charge < -0.3 is 15.4 Å². The largest absolute Gasteiger partial charge is 0.374 e. The number of hydrogen-bond donors (Lipinski definition) is 1. The van der Waals surface area contributed by atoms with Crippen molar-refractivity contribution in [3.63, 3.8) is 0 Å². The highest BCUT2D eigenvalue weighted by Crippen LogP contribution is 2.27. The lowest BCUT2D eigenvalue weighted by Gasteiger charge is -2.33. The van der Waals surface area contributed by atoms with Crippen LogP contribution in [0, 0.1) is 6.92 Å². The predicted molar refractivity (Wildman–Crippen MR) is 63.2 cm³/mol. The molecule has 4 heteroatoms. The first-order valence-electron chi connectivity index (χ1n) is 5.28. The maximum atomic E-state index is 6.24. The third kappa shape index (κ3) is 2.39. The molecule has 84 valence electrons. The van der Waals surface area contributed by atoms with Crippen LogP contribution in [0.1, 0.15) is 16.5 Å². The van der Waals surface area contributed by atoms with E-state index in [1.807, 2.05) is 0 Å². The smallest absolute Gasteiger partial charge is 0.0902 e. The molecule has 0 aromatic carbocycles. The van der Waals surface area contributed by atoms with E-state index in [4.69, 9.17) is 10.5 Å². The van der Waals surface area contributed by atoms with Crippen molar-refractivity contribution >= 4 is 11.3 Å². The Hall–Kier alpha value is -0.420. The standard InChI is InChI=1S/C11H18N2OS/c1-8-3-6-15-11(8)10(12)9-7-13(2)4-5-14-9/h3,6,9-10H,4-5,7,12H2,1-2H3. The van der Waals surface area contributed by atoms with E-state index < -0.39 is 0 Å². The number of thiophene rings is 1. The number of hydrogen-bond acceptors (Lipinski definition) is 4. The Kier molecular flexibility index (Phi) is 3.41. The first-order chi connectivity index (χ1) is 7.18. The minimum Gasteiger partial charge on any atom is -0.374 e. The lowest BCUT2D eigenvalue weighted by Crippen LogP contribution is -2.45. The molecule has 2 N–H and O–H groups in total. The van der Waals surface area contributed by atoms with Gasteiger partial charge in [-0.05, 0) is 31.0 Å². The van der Waals surface area contributed by atoms with Crippen LogP contribution in [-0.4, -0.2) is 37.7 Å². The Labute approximate surface area is 94.8 Å². The van der Waals surface area contributed by atoms with E-state index in [9.17, 15) is 0 Å². The van der Waals surface area contributed by atoms with Gasteiger partial charge in [0.1, 0.15) is 0 Å².